The van der Waals surface area contributed by atoms with Gasteiger partial charge < -0.3 is 14.7 Å². The molecule has 36 heavy (non-hydrogen) atoms. The van der Waals surface area contributed by atoms with Crippen LogP contribution in [0.4, 0.5) is 10.1 Å². The summed E-state index contributed by atoms with van der Waals surface area (Å²) in [5, 5.41) is 0. The molecule has 7 heteroatoms. The number of hydrogen-bond donors (Lipinski definition) is 0. The molecule has 2 fully saturated rings. The molecule has 2 aromatic carbocycles. The van der Waals surface area contributed by atoms with E-state index in [1.165, 1.54) is 6.07 Å². The Hall–Kier alpha value is -2.93. The van der Waals surface area contributed by atoms with Gasteiger partial charge in [-0.3, -0.25) is 14.5 Å². The Morgan fingerprint density at radius 3 is 2.28 bits per heavy atom. The molecule has 6 nitrogen and oxygen atoms in total. The van der Waals surface area contributed by atoms with E-state index < -0.39 is 0 Å². The monoisotopic (exact) mass is 494 g/mol. The van der Waals surface area contributed by atoms with E-state index in [-0.39, 0.29) is 36.1 Å². The lowest BCUT2D eigenvalue weighted by Crippen LogP contribution is -2.52. The van der Waals surface area contributed by atoms with Crippen LogP contribution < -0.4 is 4.90 Å². The first-order chi connectivity index (χ1) is 17.4. The zero-order valence-corrected chi connectivity index (χ0v) is 21.8. The number of rotatable bonds is 8. The molecule has 0 spiro atoms. The van der Waals surface area contributed by atoms with Gasteiger partial charge >= 0.3 is 0 Å². The van der Waals surface area contributed by atoms with Crippen LogP contribution >= 0.6 is 0 Å². The van der Waals surface area contributed by atoms with Crippen LogP contribution in [0.15, 0.2) is 48.5 Å². The molecule has 2 aliphatic rings. The van der Waals surface area contributed by atoms with E-state index >= 15 is 4.39 Å². The Morgan fingerprint density at radius 1 is 1.00 bits per heavy atom. The number of nitrogens with zero attached hydrogens (tertiary/aromatic N) is 4. The van der Waals surface area contributed by atoms with Crippen molar-refractivity contribution in [1.82, 2.24) is 14.7 Å². The molecule has 0 N–H and O–H groups in total. The maximum atomic E-state index is 15.1. The van der Waals surface area contributed by atoms with E-state index in [0.29, 0.717) is 50.5 Å². The zero-order chi connectivity index (χ0) is 25.7. The fraction of sp³-hybridized carbons (Fsp3) is 0.517. The smallest absolute Gasteiger partial charge is 0.244 e. The van der Waals surface area contributed by atoms with Crippen molar-refractivity contribution in [2.75, 3.05) is 50.7 Å². The standard InChI is InChI=1S/C29H39FN4O2/c1-4-31(5-2)29(36)28(24-11-7-6-8-12-24)33-18-16-32(17-19-33)26-14-13-23(20-25(26)30)21-27(35)34-15-9-10-22(34)3/h6-8,11-14,20,22,28H,4-5,9-10,15-19,21H2,1-3H3. The summed E-state index contributed by atoms with van der Waals surface area (Å²) >= 11 is 0. The van der Waals surface area contributed by atoms with Gasteiger partial charge in [-0.2, -0.15) is 0 Å². The number of carbonyl (C=O) groups excluding carboxylic acids is 2. The Morgan fingerprint density at radius 2 is 1.69 bits per heavy atom. The molecule has 2 unspecified atom stereocenters. The van der Waals surface area contributed by atoms with E-state index in [1.807, 2.05) is 64.9 Å². The first-order valence-electron chi connectivity index (χ1n) is 13.3. The predicted molar refractivity (Wildman–Crippen MR) is 141 cm³/mol. The minimum atomic E-state index is -0.334. The summed E-state index contributed by atoms with van der Waals surface area (Å²) in [5.74, 6) is -0.0974. The second-order valence-corrected chi connectivity index (χ2v) is 9.89. The van der Waals surface area contributed by atoms with E-state index in [4.69, 9.17) is 0 Å². The van der Waals surface area contributed by atoms with Crippen LogP contribution in [0.2, 0.25) is 0 Å². The molecule has 4 rings (SSSR count). The maximum absolute atomic E-state index is 15.1. The third kappa shape index (κ3) is 5.72. The van der Waals surface area contributed by atoms with E-state index in [1.54, 1.807) is 6.07 Å². The number of hydrogen-bond acceptors (Lipinski definition) is 4. The maximum Gasteiger partial charge on any atom is 0.244 e. The van der Waals surface area contributed by atoms with Gasteiger partial charge in [0.25, 0.3) is 0 Å². The van der Waals surface area contributed by atoms with E-state index in [9.17, 15) is 9.59 Å². The van der Waals surface area contributed by atoms with Gasteiger partial charge in [-0.05, 0) is 56.9 Å². The largest absolute Gasteiger partial charge is 0.367 e. The molecule has 2 heterocycles. The van der Waals surface area contributed by atoms with Gasteiger partial charge in [0.2, 0.25) is 11.8 Å². The van der Waals surface area contributed by atoms with Crippen LogP contribution in [0.5, 0.6) is 0 Å². The van der Waals surface area contributed by atoms with Crippen molar-refractivity contribution in [3.8, 4) is 0 Å². The van der Waals surface area contributed by atoms with Gasteiger partial charge in [-0.15, -0.1) is 0 Å². The highest BCUT2D eigenvalue weighted by atomic mass is 19.1. The summed E-state index contributed by atoms with van der Waals surface area (Å²) in [5.41, 5.74) is 2.27. The molecule has 0 aliphatic carbocycles. The molecule has 2 atom stereocenters. The average molecular weight is 495 g/mol. The minimum absolute atomic E-state index is 0.0746. The highest BCUT2D eigenvalue weighted by molar-refractivity contribution is 5.83. The van der Waals surface area contributed by atoms with Crippen LogP contribution in [0, 0.1) is 5.82 Å². The second-order valence-electron chi connectivity index (χ2n) is 9.89. The summed E-state index contributed by atoms with van der Waals surface area (Å²) in [6, 6.07) is 15.1. The lowest BCUT2D eigenvalue weighted by molar-refractivity contribution is -0.137. The lowest BCUT2D eigenvalue weighted by atomic mass is 10.0. The third-order valence-electron chi connectivity index (χ3n) is 7.69. The van der Waals surface area contributed by atoms with Crippen LogP contribution in [0.1, 0.15) is 50.8 Å². The summed E-state index contributed by atoms with van der Waals surface area (Å²) in [4.78, 5) is 34.1. The molecule has 0 bridgehead atoms. The summed E-state index contributed by atoms with van der Waals surface area (Å²) in [7, 11) is 0. The topological polar surface area (TPSA) is 47.1 Å². The molecule has 2 amide bonds. The van der Waals surface area contributed by atoms with Crippen molar-refractivity contribution < 1.29 is 14.0 Å². The third-order valence-corrected chi connectivity index (χ3v) is 7.69. The number of halogens is 1. The molecule has 194 valence electrons. The Bertz CT molecular complexity index is 1030. The second kappa shape index (κ2) is 11.9. The van der Waals surface area contributed by atoms with Crippen molar-refractivity contribution >= 4 is 17.5 Å². The van der Waals surface area contributed by atoms with Crippen LogP contribution in [-0.2, 0) is 16.0 Å². The van der Waals surface area contributed by atoms with Crippen LogP contribution in [0.3, 0.4) is 0 Å². The molecular weight excluding hydrogens is 455 g/mol. The number of piperazine rings is 1. The number of amides is 2. The molecule has 2 aromatic rings. The quantitative estimate of drug-likeness (QED) is 0.554. The van der Waals surface area contributed by atoms with Gasteiger partial charge in [0, 0.05) is 51.9 Å². The predicted octanol–water partition coefficient (Wildman–Crippen LogP) is 4.11. The number of anilines is 1. The summed E-state index contributed by atoms with van der Waals surface area (Å²) in [6.45, 7) is 10.8. The van der Waals surface area contributed by atoms with Gasteiger partial charge in [-0.25, -0.2) is 4.39 Å². The van der Waals surface area contributed by atoms with Crippen molar-refractivity contribution in [2.45, 2.75) is 52.1 Å². The van der Waals surface area contributed by atoms with Crippen molar-refractivity contribution in [2.24, 2.45) is 0 Å². The fourth-order valence-electron chi connectivity index (χ4n) is 5.57. The normalized spacial score (nSPS) is 19.4. The number of carbonyl (C=O) groups is 2. The van der Waals surface area contributed by atoms with Crippen LogP contribution in [-0.4, -0.2) is 78.4 Å². The number of benzene rings is 2. The molecular formula is C29H39FN4O2. The average Bonchev–Trinajstić information content (AvgIpc) is 3.32. The highest BCUT2D eigenvalue weighted by Gasteiger charge is 2.33. The Kier molecular flexibility index (Phi) is 8.62. The number of likely N-dealkylation sites (tertiary alicyclic amines) is 1. The minimum Gasteiger partial charge on any atom is -0.367 e. The summed E-state index contributed by atoms with van der Waals surface area (Å²) in [6.07, 6.45) is 2.32. The fourth-order valence-corrected chi connectivity index (χ4v) is 5.57. The van der Waals surface area contributed by atoms with Gasteiger partial charge in [0.1, 0.15) is 11.9 Å². The van der Waals surface area contributed by atoms with Gasteiger partial charge in [-0.1, -0.05) is 36.4 Å². The first kappa shape index (κ1) is 26.1. The van der Waals surface area contributed by atoms with Crippen molar-refractivity contribution in [1.29, 1.82) is 0 Å². The van der Waals surface area contributed by atoms with Crippen molar-refractivity contribution in [3.05, 3.63) is 65.5 Å². The highest BCUT2D eigenvalue weighted by Crippen LogP contribution is 2.28. The van der Waals surface area contributed by atoms with E-state index in [0.717, 1.165) is 24.9 Å². The number of likely N-dealkylation sites (N-methyl/N-ethyl adjacent to an activating group) is 1. The summed E-state index contributed by atoms with van der Waals surface area (Å²) < 4.78 is 15.1. The Labute approximate surface area is 214 Å². The van der Waals surface area contributed by atoms with Crippen LogP contribution in [0.25, 0.3) is 0 Å². The lowest BCUT2D eigenvalue weighted by Gasteiger charge is -2.41. The van der Waals surface area contributed by atoms with Crippen molar-refractivity contribution in [3.63, 3.8) is 0 Å². The Balaban J connectivity index is 1.42. The molecule has 0 radical (unpaired) electrons. The SMILES string of the molecule is CCN(CC)C(=O)C(c1ccccc1)N1CCN(c2ccc(CC(=O)N3CCCC3C)cc2F)CC1. The zero-order valence-electron chi connectivity index (χ0n) is 21.8. The van der Waals surface area contributed by atoms with Gasteiger partial charge in [0.05, 0.1) is 12.1 Å². The molecule has 2 saturated heterocycles. The molecule has 0 saturated carbocycles. The van der Waals surface area contributed by atoms with E-state index in [2.05, 4.69) is 11.8 Å². The first-order valence-corrected chi connectivity index (χ1v) is 13.3. The van der Waals surface area contributed by atoms with Gasteiger partial charge in [0.15, 0.2) is 0 Å². The molecule has 0 aromatic heterocycles. The molecule has 2 aliphatic heterocycles.